The topological polar surface area (TPSA) is 93.8 Å². The van der Waals surface area contributed by atoms with Crippen LogP contribution in [0, 0.1) is 30.0 Å². The number of nitro benzene ring substituents is 1. The number of nitro groups is 1. The van der Waals surface area contributed by atoms with Crippen molar-refractivity contribution in [1.82, 2.24) is 15.0 Å². The van der Waals surface area contributed by atoms with Crippen LogP contribution in [-0.2, 0) is 0 Å². The third-order valence-corrected chi connectivity index (χ3v) is 4.73. The molecule has 2 heterocycles. The fraction of sp³-hybridized carbons (Fsp3) is 0.235. The van der Waals surface area contributed by atoms with Gasteiger partial charge >= 0.3 is 0 Å². The molecule has 0 unspecified atom stereocenters. The van der Waals surface area contributed by atoms with Crippen LogP contribution in [0.25, 0.3) is 22.0 Å². The lowest BCUT2D eigenvalue weighted by atomic mass is 10.1. The lowest BCUT2D eigenvalue weighted by Crippen LogP contribution is -1.99. The van der Waals surface area contributed by atoms with Crippen molar-refractivity contribution >= 4 is 22.2 Å². The quantitative estimate of drug-likeness (QED) is 0.549. The van der Waals surface area contributed by atoms with Crippen LogP contribution in [0.4, 0.5) is 10.8 Å². The molecule has 1 radical (unpaired) electrons. The third-order valence-electron chi connectivity index (χ3n) is 3.59. The summed E-state index contributed by atoms with van der Waals surface area (Å²) < 4.78 is 0. The van der Waals surface area contributed by atoms with Crippen LogP contribution in [0.1, 0.15) is 18.2 Å². The number of aromatic nitrogens is 3. The zero-order valence-electron chi connectivity index (χ0n) is 14.0. The van der Waals surface area contributed by atoms with Crippen molar-refractivity contribution in [3.8, 4) is 22.0 Å². The predicted molar refractivity (Wildman–Crippen MR) is 97.7 cm³/mol. The van der Waals surface area contributed by atoms with Gasteiger partial charge in [-0.25, -0.2) is 15.0 Å². The molecular formula is C17H16N5O2S. The molecule has 0 amide bonds. The van der Waals surface area contributed by atoms with Gasteiger partial charge in [0.05, 0.1) is 21.2 Å². The maximum atomic E-state index is 11.4. The second kappa shape index (κ2) is 6.94. The highest BCUT2D eigenvalue weighted by molar-refractivity contribution is 7.19. The standard InChI is InChI=1S/C17H16N5O2S/c1-4-18-17-20-11(3)15(25-17)13-8-9-19-16(21-13)12-7-5-6-10(2)14(12)22(23)24/h5-6,8-9H,4H2,1-3H3,(H,18,20). The van der Waals surface area contributed by atoms with Gasteiger partial charge in [-0.3, -0.25) is 10.1 Å². The van der Waals surface area contributed by atoms with Gasteiger partial charge in [0.2, 0.25) is 0 Å². The van der Waals surface area contributed by atoms with Gasteiger partial charge in [-0.2, -0.15) is 0 Å². The van der Waals surface area contributed by atoms with Crippen LogP contribution in [0.5, 0.6) is 0 Å². The van der Waals surface area contributed by atoms with Crippen molar-refractivity contribution in [2.24, 2.45) is 0 Å². The predicted octanol–water partition coefficient (Wildman–Crippen LogP) is 4.02. The summed E-state index contributed by atoms with van der Waals surface area (Å²) in [6.45, 7) is 6.39. The number of aryl methyl sites for hydroxylation is 2. The second-order valence-electron chi connectivity index (χ2n) is 5.37. The molecule has 25 heavy (non-hydrogen) atoms. The van der Waals surface area contributed by atoms with Crippen molar-refractivity contribution in [1.29, 1.82) is 0 Å². The van der Waals surface area contributed by atoms with Gasteiger partial charge in [0.25, 0.3) is 5.69 Å². The Morgan fingerprint density at radius 1 is 1.32 bits per heavy atom. The number of anilines is 1. The van der Waals surface area contributed by atoms with Gasteiger partial charge in [-0.1, -0.05) is 23.5 Å². The average Bonchev–Trinajstić information content (AvgIpc) is 2.95. The Labute approximate surface area is 149 Å². The van der Waals surface area contributed by atoms with Gasteiger partial charge < -0.3 is 5.32 Å². The molecule has 3 rings (SSSR count). The maximum Gasteiger partial charge on any atom is 0.283 e. The summed E-state index contributed by atoms with van der Waals surface area (Å²) in [4.78, 5) is 25.1. The molecular weight excluding hydrogens is 338 g/mol. The molecule has 0 spiro atoms. The van der Waals surface area contributed by atoms with E-state index in [0.29, 0.717) is 16.8 Å². The normalized spacial score (nSPS) is 10.7. The van der Waals surface area contributed by atoms with Gasteiger partial charge in [0, 0.05) is 24.4 Å². The van der Waals surface area contributed by atoms with E-state index in [2.05, 4.69) is 26.3 Å². The highest BCUT2D eigenvalue weighted by atomic mass is 32.1. The van der Waals surface area contributed by atoms with Crippen LogP contribution < -0.4 is 5.32 Å². The summed E-state index contributed by atoms with van der Waals surface area (Å²) >= 11 is 1.50. The van der Waals surface area contributed by atoms with Crippen molar-refractivity contribution < 1.29 is 4.92 Å². The number of rotatable bonds is 5. The molecule has 127 valence electrons. The van der Waals surface area contributed by atoms with Crippen molar-refractivity contribution in [2.45, 2.75) is 20.8 Å². The Balaban J connectivity index is 2.10. The van der Waals surface area contributed by atoms with E-state index in [9.17, 15) is 10.1 Å². The smallest absolute Gasteiger partial charge is 0.283 e. The molecule has 0 atom stereocenters. The maximum absolute atomic E-state index is 11.4. The van der Waals surface area contributed by atoms with Gasteiger partial charge in [0.15, 0.2) is 11.0 Å². The summed E-state index contributed by atoms with van der Waals surface area (Å²) in [6, 6.07) is 7.98. The molecule has 0 aliphatic rings. The largest absolute Gasteiger partial charge is 0.362 e. The molecule has 2 aromatic heterocycles. The molecule has 0 aliphatic carbocycles. The van der Waals surface area contributed by atoms with Gasteiger partial charge in [-0.05, 0) is 26.8 Å². The first-order chi connectivity index (χ1) is 12.0. The Kier molecular flexibility index (Phi) is 4.71. The first kappa shape index (κ1) is 17.0. The van der Waals surface area contributed by atoms with E-state index in [1.54, 1.807) is 31.3 Å². The fourth-order valence-corrected chi connectivity index (χ4v) is 3.47. The summed E-state index contributed by atoms with van der Waals surface area (Å²) in [5.74, 6) is 0.283. The monoisotopic (exact) mass is 354 g/mol. The number of nitrogens with zero attached hydrogens (tertiary/aromatic N) is 4. The highest BCUT2D eigenvalue weighted by Crippen LogP contribution is 2.34. The van der Waals surface area contributed by atoms with Crippen LogP contribution in [0.3, 0.4) is 0 Å². The average molecular weight is 354 g/mol. The number of hydrogen-bond acceptors (Lipinski definition) is 7. The van der Waals surface area contributed by atoms with Gasteiger partial charge in [0.1, 0.15) is 5.56 Å². The minimum absolute atomic E-state index is 0.0194. The molecule has 8 heteroatoms. The van der Waals surface area contributed by atoms with Crippen molar-refractivity contribution in [2.75, 3.05) is 11.9 Å². The van der Waals surface area contributed by atoms with E-state index in [1.807, 2.05) is 13.8 Å². The first-order valence-electron chi connectivity index (χ1n) is 7.72. The Morgan fingerprint density at radius 3 is 2.84 bits per heavy atom. The fourth-order valence-electron chi connectivity index (χ4n) is 2.47. The minimum Gasteiger partial charge on any atom is -0.362 e. The van der Waals surface area contributed by atoms with Gasteiger partial charge in [-0.15, -0.1) is 0 Å². The molecule has 0 fully saturated rings. The Hall–Kier alpha value is -2.87. The summed E-state index contributed by atoms with van der Waals surface area (Å²) in [7, 11) is 0. The summed E-state index contributed by atoms with van der Waals surface area (Å²) in [5.41, 5.74) is 2.37. The van der Waals surface area contributed by atoms with E-state index in [1.165, 1.54) is 11.3 Å². The SMILES string of the molecule is CCNc1nc(C)c(-c2ccnc(-c3[c]ccc(C)c3[N+](=O)[O-])n2)s1. The van der Waals surface area contributed by atoms with Crippen LogP contribution in [-0.4, -0.2) is 26.4 Å². The van der Waals surface area contributed by atoms with E-state index in [-0.39, 0.29) is 11.5 Å². The number of thiazole rings is 1. The molecule has 0 saturated carbocycles. The molecule has 3 aromatic rings. The van der Waals surface area contributed by atoms with E-state index in [0.717, 1.165) is 22.2 Å². The Bertz CT molecular complexity index is 939. The number of benzene rings is 1. The van der Waals surface area contributed by atoms with E-state index in [4.69, 9.17) is 0 Å². The molecule has 0 bridgehead atoms. The van der Waals surface area contributed by atoms with Crippen LogP contribution in [0.15, 0.2) is 24.4 Å². The molecule has 1 N–H and O–H groups in total. The third kappa shape index (κ3) is 3.34. The zero-order chi connectivity index (χ0) is 18.0. The van der Waals surface area contributed by atoms with Crippen molar-refractivity contribution in [3.63, 3.8) is 0 Å². The lowest BCUT2D eigenvalue weighted by molar-refractivity contribution is -0.384. The van der Waals surface area contributed by atoms with E-state index >= 15 is 0 Å². The Morgan fingerprint density at radius 2 is 2.12 bits per heavy atom. The first-order valence-corrected chi connectivity index (χ1v) is 8.53. The second-order valence-corrected chi connectivity index (χ2v) is 6.37. The summed E-state index contributed by atoms with van der Waals surface area (Å²) in [5, 5.41) is 15.4. The lowest BCUT2D eigenvalue weighted by Gasteiger charge is -2.05. The number of hydrogen-bond donors (Lipinski definition) is 1. The summed E-state index contributed by atoms with van der Waals surface area (Å²) in [6.07, 6.45) is 1.60. The minimum atomic E-state index is -0.418. The van der Waals surface area contributed by atoms with Crippen LogP contribution in [0.2, 0.25) is 0 Å². The van der Waals surface area contributed by atoms with E-state index < -0.39 is 4.92 Å². The molecule has 7 nitrogen and oxygen atoms in total. The highest BCUT2D eigenvalue weighted by Gasteiger charge is 2.21. The van der Waals surface area contributed by atoms with Crippen LogP contribution >= 0.6 is 11.3 Å². The molecule has 0 aliphatic heterocycles. The zero-order valence-corrected chi connectivity index (χ0v) is 14.8. The molecule has 1 aromatic carbocycles. The van der Waals surface area contributed by atoms with Crippen molar-refractivity contribution in [3.05, 3.63) is 51.8 Å². The number of nitrogens with one attached hydrogen (secondary N) is 1. The molecule has 0 saturated heterocycles.